The van der Waals surface area contributed by atoms with Crippen molar-refractivity contribution in [3.63, 3.8) is 0 Å². The average Bonchev–Trinajstić information content (AvgIpc) is 4.13. The number of carbonyl (C=O) groups is 3. The number of pyridine rings is 1. The standard InChI is InChI=1S/C29H38F4N4O5S.C16H13NO2/c1-28(11-12-28)43(41,42)36-26(39)22-14-18(22)8-5-3-2-4-6-9-23(27(40)37-13-7-10-24(37)25(34)38)35-21-16-19(29(31,32)33)15-20(30)17-21;1-19-12-7-8-13-15(9-12)17-14(10-16(13)18)11-5-3-2-4-6-11/h5,8,15-18,22-24,35H,2-4,6-7,9-14H2,1H3,(H2,34,38)(H,36,39);2-10H,1H3,(H,17,18)/b8-5-;/t18?,22?,23-,24?;/m0./s1. The largest absolute Gasteiger partial charge is 0.497 e. The van der Waals surface area contributed by atoms with Crippen LogP contribution < -0.4 is 25.9 Å². The molecule has 0 bridgehead atoms. The maximum atomic E-state index is 14.0. The Labute approximate surface area is 357 Å². The third-order valence-electron chi connectivity index (χ3n) is 11.6. The highest BCUT2D eigenvalue weighted by molar-refractivity contribution is 7.91. The van der Waals surface area contributed by atoms with Gasteiger partial charge < -0.3 is 25.7 Å². The van der Waals surface area contributed by atoms with Gasteiger partial charge in [0.2, 0.25) is 27.7 Å². The molecule has 5 N–H and O–H groups in total. The number of nitrogens with one attached hydrogen (secondary N) is 3. The Bertz CT molecular complexity index is 2470. The number of anilines is 1. The average molecular weight is 882 g/mol. The summed E-state index contributed by atoms with van der Waals surface area (Å²) in [6.07, 6.45) is 4.57. The van der Waals surface area contributed by atoms with Crippen molar-refractivity contribution in [3.05, 3.63) is 107 Å². The van der Waals surface area contributed by atoms with Crippen LogP contribution in [0.2, 0.25) is 0 Å². The number of hydrogen-bond donors (Lipinski definition) is 4. The summed E-state index contributed by atoms with van der Waals surface area (Å²) in [6.45, 7) is 1.91. The summed E-state index contributed by atoms with van der Waals surface area (Å²) in [6, 6.07) is 17.1. The van der Waals surface area contributed by atoms with Crippen molar-refractivity contribution >= 4 is 44.3 Å². The van der Waals surface area contributed by atoms with Crippen LogP contribution in [0.5, 0.6) is 5.75 Å². The third-order valence-corrected chi connectivity index (χ3v) is 13.8. The number of allylic oxidation sites excluding steroid dienone is 2. The molecular weight excluding hydrogens is 831 g/mol. The van der Waals surface area contributed by atoms with Gasteiger partial charge in [0, 0.05) is 41.4 Å². The molecule has 4 aromatic rings. The molecule has 3 fully saturated rings. The number of aromatic amines is 1. The lowest BCUT2D eigenvalue weighted by molar-refractivity contribution is -0.138. The second-order valence-electron chi connectivity index (χ2n) is 16.3. The number of rotatable bonds is 16. The summed E-state index contributed by atoms with van der Waals surface area (Å²) >= 11 is 0. The van der Waals surface area contributed by atoms with Gasteiger partial charge in [0.1, 0.15) is 23.7 Å². The number of H-pyrrole nitrogens is 1. The molecule has 3 aromatic carbocycles. The molecule has 1 aliphatic heterocycles. The van der Waals surface area contributed by atoms with E-state index < -0.39 is 62.1 Å². The number of likely N-dealkylation sites (tertiary alicyclic amines) is 1. The minimum atomic E-state index is -4.77. The number of amides is 3. The number of carbonyl (C=O) groups excluding carboxylic acids is 3. The van der Waals surface area contributed by atoms with Crippen LogP contribution in [0.1, 0.15) is 76.7 Å². The predicted octanol–water partition coefficient (Wildman–Crippen LogP) is 7.45. The zero-order valence-corrected chi connectivity index (χ0v) is 35.3. The van der Waals surface area contributed by atoms with Gasteiger partial charge in [0.15, 0.2) is 5.43 Å². The molecule has 3 unspecified atom stereocenters. The molecule has 1 aromatic heterocycles. The molecule has 2 heterocycles. The lowest BCUT2D eigenvalue weighted by Gasteiger charge is -2.28. The number of halogens is 4. The highest BCUT2D eigenvalue weighted by Gasteiger charge is 2.52. The number of hydrogen-bond acceptors (Lipinski definition) is 8. The fraction of sp³-hybridized carbons (Fsp3) is 0.422. The fourth-order valence-corrected chi connectivity index (χ4v) is 8.82. The molecule has 3 amide bonds. The maximum Gasteiger partial charge on any atom is 0.416 e. The Hall–Kier alpha value is -5.71. The fourth-order valence-electron chi connectivity index (χ4n) is 7.52. The van der Waals surface area contributed by atoms with Crippen LogP contribution in [-0.2, 0) is 30.6 Å². The van der Waals surface area contributed by atoms with E-state index in [-0.39, 0.29) is 35.9 Å². The Kier molecular flexibility index (Phi) is 14.1. The van der Waals surface area contributed by atoms with Crippen molar-refractivity contribution in [2.24, 2.45) is 17.6 Å². The summed E-state index contributed by atoms with van der Waals surface area (Å²) < 4.78 is 84.7. The molecule has 4 atom stereocenters. The molecule has 0 spiro atoms. The minimum absolute atomic E-state index is 0.00950. The van der Waals surface area contributed by atoms with Gasteiger partial charge in [-0.05, 0) is 100 Å². The normalized spacial score (nSPS) is 19.6. The van der Waals surface area contributed by atoms with Crippen LogP contribution in [0, 0.1) is 17.7 Å². The van der Waals surface area contributed by atoms with E-state index in [1.807, 2.05) is 48.6 Å². The van der Waals surface area contributed by atoms with Gasteiger partial charge >= 0.3 is 6.18 Å². The first-order chi connectivity index (χ1) is 29.4. The summed E-state index contributed by atoms with van der Waals surface area (Å²) in [5, 5.41) is 3.43. The Morgan fingerprint density at radius 1 is 1.03 bits per heavy atom. The number of methoxy groups -OCH3 is 1. The minimum Gasteiger partial charge on any atom is -0.497 e. The maximum absolute atomic E-state index is 14.0. The van der Waals surface area contributed by atoms with Gasteiger partial charge in [-0.1, -0.05) is 55.3 Å². The van der Waals surface area contributed by atoms with E-state index in [1.54, 1.807) is 32.2 Å². The van der Waals surface area contributed by atoms with Gasteiger partial charge in [-0.2, -0.15) is 13.2 Å². The molecule has 2 aliphatic carbocycles. The highest BCUT2D eigenvalue weighted by Crippen LogP contribution is 2.44. The van der Waals surface area contributed by atoms with Crippen LogP contribution in [-0.4, -0.2) is 66.5 Å². The van der Waals surface area contributed by atoms with Crippen molar-refractivity contribution in [2.75, 3.05) is 19.0 Å². The molecule has 7 rings (SSSR count). The van der Waals surface area contributed by atoms with Crippen molar-refractivity contribution in [2.45, 2.75) is 94.1 Å². The Morgan fingerprint density at radius 3 is 2.45 bits per heavy atom. The van der Waals surface area contributed by atoms with E-state index in [1.165, 1.54) is 4.90 Å². The van der Waals surface area contributed by atoms with E-state index in [0.29, 0.717) is 62.8 Å². The molecule has 3 aliphatic rings. The Morgan fingerprint density at radius 2 is 1.77 bits per heavy atom. The molecule has 17 heteroatoms. The van der Waals surface area contributed by atoms with Gasteiger partial charge in [-0.15, -0.1) is 0 Å². The number of benzene rings is 3. The van der Waals surface area contributed by atoms with Crippen LogP contribution in [0.25, 0.3) is 22.2 Å². The number of fused-ring (bicyclic) bond motifs is 1. The first-order valence-electron chi connectivity index (χ1n) is 20.6. The first-order valence-corrected chi connectivity index (χ1v) is 22.1. The van der Waals surface area contributed by atoms with Gasteiger partial charge in [-0.25, -0.2) is 12.8 Å². The van der Waals surface area contributed by atoms with Crippen molar-refractivity contribution in [3.8, 4) is 17.0 Å². The first kappa shape index (κ1) is 45.8. The van der Waals surface area contributed by atoms with Crippen molar-refractivity contribution in [1.82, 2.24) is 14.6 Å². The lowest BCUT2D eigenvalue weighted by Crippen LogP contribution is -2.49. The molecule has 12 nitrogen and oxygen atoms in total. The van der Waals surface area contributed by atoms with Gasteiger partial charge in [0.25, 0.3) is 0 Å². The van der Waals surface area contributed by atoms with E-state index in [2.05, 4.69) is 15.0 Å². The number of unbranched alkanes of at least 4 members (excludes halogenated alkanes) is 3. The van der Waals surface area contributed by atoms with Crippen LogP contribution >= 0.6 is 0 Å². The summed E-state index contributed by atoms with van der Waals surface area (Å²) in [5.74, 6) is -2.34. The molecule has 62 heavy (non-hydrogen) atoms. The smallest absolute Gasteiger partial charge is 0.416 e. The molecule has 1 saturated heterocycles. The molecule has 2 saturated carbocycles. The zero-order chi connectivity index (χ0) is 44.8. The van der Waals surface area contributed by atoms with E-state index in [4.69, 9.17) is 10.5 Å². The van der Waals surface area contributed by atoms with Crippen molar-refractivity contribution in [1.29, 1.82) is 0 Å². The van der Waals surface area contributed by atoms with E-state index in [0.717, 1.165) is 41.1 Å². The van der Waals surface area contributed by atoms with Crippen molar-refractivity contribution < 1.29 is 45.1 Å². The third kappa shape index (κ3) is 11.4. The van der Waals surface area contributed by atoms with Crippen LogP contribution in [0.3, 0.4) is 0 Å². The summed E-state index contributed by atoms with van der Waals surface area (Å²) in [7, 11) is -2.04. The number of nitrogens with two attached hydrogens (primary N) is 1. The quantitative estimate of drug-likeness (QED) is 0.0509. The number of primary amides is 1. The van der Waals surface area contributed by atoms with E-state index in [9.17, 15) is 45.2 Å². The highest BCUT2D eigenvalue weighted by atomic mass is 32.2. The monoisotopic (exact) mass is 881 g/mol. The zero-order valence-electron chi connectivity index (χ0n) is 34.5. The number of sulfonamides is 1. The topological polar surface area (TPSA) is 181 Å². The number of alkyl halides is 3. The summed E-state index contributed by atoms with van der Waals surface area (Å²) in [4.78, 5) is 54.3. The number of nitrogens with zero attached hydrogens (tertiary/aromatic N) is 1. The number of aromatic nitrogens is 1. The van der Waals surface area contributed by atoms with Gasteiger partial charge in [0.05, 0.1) is 22.9 Å². The summed E-state index contributed by atoms with van der Waals surface area (Å²) in [5.41, 5.74) is 6.67. The van der Waals surface area contributed by atoms with Crippen LogP contribution in [0.15, 0.2) is 89.7 Å². The second-order valence-corrected chi connectivity index (χ2v) is 18.5. The predicted molar refractivity (Wildman–Crippen MR) is 228 cm³/mol. The molecule has 332 valence electrons. The Balaban J connectivity index is 0.000000278. The number of ether oxygens (including phenoxy) is 1. The SMILES string of the molecule is CC1(S(=O)(=O)NC(=O)C2CC2/C=C\CCCCC[C@H](Nc2cc(F)cc(C(F)(F)F)c2)C(=O)N2CCCC2C(N)=O)CC1.COc1ccc2c(=O)cc(-c3ccccc3)[nH]c2c1. The van der Waals surface area contributed by atoms with Crippen LogP contribution in [0.4, 0.5) is 23.2 Å². The van der Waals surface area contributed by atoms with Gasteiger partial charge in [-0.3, -0.25) is 23.9 Å². The second kappa shape index (κ2) is 19.1. The molecule has 0 radical (unpaired) electrons. The van der Waals surface area contributed by atoms with E-state index >= 15 is 0 Å². The molecular formula is C45H51F4N5O7S. The lowest BCUT2D eigenvalue weighted by atomic mass is 10.0.